The highest BCUT2D eigenvalue weighted by molar-refractivity contribution is 6.15. The lowest BCUT2D eigenvalue weighted by Crippen LogP contribution is -1.94. The van der Waals surface area contributed by atoms with Crippen LogP contribution in [0.4, 0.5) is 0 Å². The van der Waals surface area contributed by atoms with Crippen LogP contribution in [0.15, 0.2) is 388 Å². The molecule has 0 aliphatic heterocycles. The second-order valence-corrected chi connectivity index (χ2v) is 27.5. The highest BCUT2D eigenvalue weighted by Crippen LogP contribution is 2.43. The van der Waals surface area contributed by atoms with Crippen molar-refractivity contribution >= 4 is 130 Å². The summed E-state index contributed by atoms with van der Waals surface area (Å²) in [6.07, 6.45) is 0. The summed E-state index contributed by atoms with van der Waals surface area (Å²) in [7, 11) is 0. The van der Waals surface area contributed by atoms with Gasteiger partial charge in [0.1, 0.15) is 0 Å². The molecule has 4 heteroatoms. The zero-order valence-corrected chi connectivity index (χ0v) is 56.7. The summed E-state index contributed by atoms with van der Waals surface area (Å²) in [5.41, 5.74) is 24.3. The third kappa shape index (κ3) is 9.46. The summed E-state index contributed by atoms with van der Waals surface area (Å²) >= 11 is 0. The minimum atomic E-state index is 1.17. The van der Waals surface area contributed by atoms with Crippen LogP contribution in [0.1, 0.15) is 0 Å². The van der Waals surface area contributed by atoms with Crippen LogP contribution in [-0.2, 0) is 0 Å². The Bertz CT molecular complexity index is 6540. The van der Waals surface area contributed by atoms with E-state index in [0.29, 0.717) is 0 Å². The Hall–Kier alpha value is -13.8. The first kappa shape index (κ1) is 59.1. The van der Waals surface area contributed by atoms with Gasteiger partial charge in [0.25, 0.3) is 0 Å². The normalized spacial score (nSPS) is 11.8. The minimum Gasteiger partial charge on any atom is -0.309 e. The van der Waals surface area contributed by atoms with Crippen molar-refractivity contribution in [3.63, 3.8) is 0 Å². The van der Waals surface area contributed by atoms with Crippen LogP contribution < -0.4 is 0 Å². The highest BCUT2D eigenvalue weighted by Gasteiger charge is 2.19. The van der Waals surface area contributed by atoms with Crippen molar-refractivity contribution in [2.45, 2.75) is 0 Å². The molecule has 0 amide bonds. The summed E-state index contributed by atoms with van der Waals surface area (Å²) in [6, 6.07) is 142. The zero-order chi connectivity index (χ0) is 68.3. The van der Waals surface area contributed by atoms with E-state index in [1.165, 1.54) is 198 Å². The van der Waals surface area contributed by atoms with E-state index in [9.17, 15) is 0 Å². The predicted octanol–water partition coefficient (Wildman–Crippen LogP) is 27.0. The molecular formula is C100H64N4. The highest BCUT2D eigenvalue weighted by atomic mass is 15.0. The van der Waals surface area contributed by atoms with E-state index in [0.717, 1.165) is 0 Å². The van der Waals surface area contributed by atoms with Gasteiger partial charge in [0, 0.05) is 65.8 Å². The van der Waals surface area contributed by atoms with E-state index in [2.05, 4.69) is 407 Å². The van der Waals surface area contributed by atoms with E-state index >= 15 is 0 Å². The summed E-state index contributed by atoms with van der Waals surface area (Å²) in [4.78, 5) is 0. The molecule has 0 saturated carbocycles. The molecule has 0 aliphatic rings. The van der Waals surface area contributed by atoms with E-state index in [1.807, 2.05) is 0 Å². The molecule has 104 heavy (non-hydrogen) atoms. The van der Waals surface area contributed by atoms with Crippen molar-refractivity contribution in [3.05, 3.63) is 388 Å². The number of hydrogen-bond acceptors (Lipinski definition) is 0. The number of nitrogens with zero attached hydrogens (tertiary/aromatic N) is 4. The number of rotatable bonds is 8. The molecule has 4 aromatic heterocycles. The second-order valence-electron chi connectivity index (χ2n) is 27.5. The van der Waals surface area contributed by atoms with Crippen LogP contribution in [-0.4, -0.2) is 18.3 Å². The number of aromatic nitrogens is 4. The van der Waals surface area contributed by atoms with Crippen LogP contribution in [0.25, 0.3) is 198 Å². The van der Waals surface area contributed by atoms with Crippen LogP contribution in [0.3, 0.4) is 0 Å². The first-order valence-electron chi connectivity index (χ1n) is 35.9. The Morgan fingerprint density at radius 1 is 0.125 bits per heavy atom. The number of hydrogen-bond donors (Lipinski definition) is 0. The molecule has 4 nitrogen and oxygen atoms in total. The van der Waals surface area contributed by atoms with Gasteiger partial charge in [0.2, 0.25) is 0 Å². The Morgan fingerprint density at radius 2 is 0.308 bits per heavy atom. The van der Waals surface area contributed by atoms with Crippen molar-refractivity contribution in [1.29, 1.82) is 0 Å². The van der Waals surface area contributed by atoms with Gasteiger partial charge in [-0.3, -0.25) is 0 Å². The van der Waals surface area contributed by atoms with Gasteiger partial charge in [-0.25, -0.2) is 0 Å². The molecule has 0 radical (unpaired) electrons. The van der Waals surface area contributed by atoms with Gasteiger partial charge in [0.05, 0.1) is 44.1 Å². The second kappa shape index (κ2) is 24.0. The Balaban J connectivity index is 0.000000134. The molecule has 0 fully saturated rings. The quantitative estimate of drug-likeness (QED) is 0.135. The molecule has 0 spiro atoms. The lowest BCUT2D eigenvalue weighted by atomic mass is 9.92. The fraction of sp³-hybridized carbons (Fsp3) is 0. The van der Waals surface area contributed by atoms with Gasteiger partial charge < -0.3 is 18.3 Å². The lowest BCUT2D eigenvalue weighted by Gasteiger charge is -2.14. The molecule has 0 bridgehead atoms. The third-order valence-corrected chi connectivity index (χ3v) is 21.8. The molecule has 22 aromatic rings. The first-order chi connectivity index (χ1) is 51.6. The van der Waals surface area contributed by atoms with Crippen molar-refractivity contribution in [2.24, 2.45) is 0 Å². The van der Waals surface area contributed by atoms with Gasteiger partial charge in [-0.2, -0.15) is 0 Å². The predicted molar refractivity (Wildman–Crippen MR) is 442 cm³/mol. The molecule has 484 valence electrons. The van der Waals surface area contributed by atoms with E-state index in [-0.39, 0.29) is 0 Å². The molecule has 4 heterocycles. The van der Waals surface area contributed by atoms with E-state index in [1.54, 1.807) is 0 Å². The lowest BCUT2D eigenvalue weighted by molar-refractivity contribution is 1.18. The SMILES string of the molecule is c1cc(-c2ccc(-n3c4ccccc4c4ccccc43)cc2)c2cc3c(-c4ccc(-n5c6ccccc6c6ccccc65)cc4)cccc3cc2c1.c1cc(-c2ccc(-n3c4ccccc4c4ccccc43)cc2)c2cc3cccc(-c4ccc(-n5c6ccccc6c6ccccc65)cc4)c3cc2c1. The molecule has 22 rings (SSSR count). The van der Waals surface area contributed by atoms with Gasteiger partial charge >= 0.3 is 0 Å². The number of benzene rings is 18. The Kier molecular flexibility index (Phi) is 13.6. The van der Waals surface area contributed by atoms with Crippen LogP contribution >= 0.6 is 0 Å². The average Bonchev–Trinajstić information content (AvgIpc) is 0.922. The van der Waals surface area contributed by atoms with Crippen LogP contribution in [0.5, 0.6) is 0 Å². The molecular weight excluding hydrogens is 1260 g/mol. The summed E-state index contributed by atoms with van der Waals surface area (Å²) in [5.74, 6) is 0. The summed E-state index contributed by atoms with van der Waals surface area (Å²) < 4.78 is 9.51. The number of para-hydroxylation sites is 8. The van der Waals surface area contributed by atoms with Crippen molar-refractivity contribution in [1.82, 2.24) is 18.3 Å². The largest absolute Gasteiger partial charge is 0.309 e. The van der Waals surface area contributed by atoms with E-state index < -0.39 is 0 Å². The Morgan fingerprint density at radius 3 is 0.519 bits per heavy atom. The number of fused-ring (bicyclic) bond motifs is 16. The molecule has 0 aliphatic carbocycles. The third-order valence-electron chi connectivity index (χ3n) is 21.8. The maximum Gasteiger partial charge on any atom is 0.0541 e. The van der Waals surface area contributed by atoms with Crippen molar-refractivity contribution in [2.75, 3.05) is 0 Å². The van der Waals surface area contributed by atoms with Crippen LogP contribution in [0.2, 0.25) is 0 Å². The average molecular weight is 1320 g/mol. The van der Waals surface area contributed by atoms with E-state index in [4.69, 9.17) is 0 Å². The molecule has 0 atom stereocenters. The van der Waals surface area contributed by atoms with Crippen molar-refractivity contribution < 1.29 is 0 Å². The smallest absolute Gasteiger partial charge is 0.0541 e. The topological polar surface area (TPSA) is 19.7 Å². The Labute approximate surface area is 600 Å². The summed E-state index contributed by atoms with van der Waals surface area (Å²) in [5, 5.41) is 20.2. The molecule has 0 N–H and O–H groups in total. The van der Waals surface area contributed by atoms with Gasteiger partial charge in [-0.1, -0.05) is 267 Å². The maximum atomic E-state index is 2.40. The monoisotopic (exact) mass is 1320 g/mol. The molecule has 18 aromatic carbocycles. The zero-order valence-electron chi connectivity index (χ0n) is 56.7. The van der Waals surface area contributed by atoms with Gasteiger partial charge in [0.15, 0.2) is 0 Å². The van der Waals surface area contributed by atoms with Gasteiger partial charge in [-0.05, 0) is 209 Å². The van der Waals surface area contributed by atoms with Crippen LogP contribution in [0, 0.1) is 0 Å². The fourth-order valence-electron chi connectivity index (χ4n) is 17.1. The summed E-state index contributed by atoms with van der Waals surface area (Å²) in [6.45, 7) is 0. The molecule has 0 saturated heterocycles. The van der Waals surface area contributed by atoms with Gasteiger partial charge in [-0.15, -0.1) is 0 Å². The minimum absolute atomic E-state index is 1.17. The first-order valence-corrected chi connectivity index (χ1v) is 35.9. The molecule has 0 unspecified atom stereocenters. The standard InChI is InChI=1S/2C50H32N2/c1-5-19-47-41(13-1)42-14-2-6-20-48(42)51(47)37-27-23-33(24-28-37)39-17-9-11-35-32-46-36(31-45(35)39)12-10-18-40(46)34-25-29-38(30-26-34)52-49-21-7-3-15-43(49)44-16-4-8-22-50(44)52;1-5-19-47-41(13-1)42-14-2-6-20-48(42)51(47)37-27-23-33(24-28-37)39-17-9-11-35-31-36-12-10-18-40(46(36)32-45(35)39)34-25-29-38(30-26-34)52-49-21-7-3-15-43(49)44-16-4-8-22-50(44)52/h2*1-32H. The van der Waals surface area contributed by atoms with Crippen molar-refractivity contribution in [3.8, 4) is 67.3 Å². The fourth-order valence-corrected chi connectivity index (χ4v) is 17.1. The maximum absolute atomic E-state index is 2.40.